The van der Waals surface area contributed by atoms with Crippen LogP contribution in [0.1, 0.15) is 31.4 Å². The number of sulfonamides is 1. The topological polar surface area (TPSA) is 57.7 Å². The number of carbonyl (C=O) groups excluding carboxylic acids is 1. The highest BCUT2D eigenvalue weighted by Crippen LogP contribution is 2.46. The lowest BCUT2D eigenvalue weighted by molar-refractivity contribution is -0.118. The molecule has 1 aromatic carbocycles. The van der Waals surface area contributed by atoms with Gasteiger partial charge in [0.1, 0.15) is 0 Å². The SMILES string of the molecule is CCN(C=O)CCC1(C)CN(S(C)(=O)=O)c2cc(C)c(Cl)cc21. The van der Waals surface area contributed by atoms with Gasteiger partial charge in [0, 0.05) is 30.1 Å². The normalized spacial score (nSPS) is 20.5. The Labute approximate surface area is 143 Å². The summed E-state index contributed by atoms with van der Waals surface area (Å²) in [6.07, 6.45) is 2.73. The first-order chi connectivity index (χ1) is 10.6. The van der Waals surface area contributed by atoms with Gasteiger partial charge in [-0.3, -0.25) is 9.10 Å². The molecule has 1 unspecified atom stereocenters. The van der Waals surface area contributed by atoms with E-state index in [0.29, 0.717) is 36.8 Å². The fourth-order valence-electron chi connectivity index (χ4n) is 3.03. The monoisotopic (exact) mass is 358 g/mol. The molecular formula is C16H23ClN2O3S. The molecule has 0 aromatic heterocycles. The molecule has 1 aromatic rings. The minimum Gasteiger partial charge on any atom is -0.346 e. The van der Waals surface area contributed by atoms with E-state index in [0.717, 1.165) is 17.5 Å². The van der Waals surface area contributed by atoms with Crippen molar-refractivity contribution in [3.63, 3.8) is 0 Å². The Morgan fingerprint density at radius 1 is 1.43 bits per heavy atom. The summed E-state index contributed by atoms with van der Waals surface area (Å²) in [6, 6.07) is 3.70. The predicted molar refractivity (Wildman–Crippen MR) is 93.7 cm³/mol. The summed E-state index contributed by atoms with van der Waals surface area (Å²) in [6.45, 7) is 7.40. The Bertz CT molecular complexity index is 720. The number of amides is 1. The van der Waals surface area contributed by atoms with Crippen LogP contribution in [0.2, 0.25) is 5.02 Å². The third-order valence-corrected chi connectivity index (χ3v) is 6.13. The van der Waals surface area contributed by atoms with E-state index in [2.05, 4.69) is 0 Å². The van der Waals surface area contributed by atoms with Gasteiger partial charge in [0.2, 0.25) is 16.4 Å². The summed E-state index contributed by atoms with van der Waals surface area (Å²) >= 11 is 6.26. The second-order valence-electron chi connectivity index (χ2n) is 6.43. The van der Waals surface area contributed by atoms with Crippen LogP contribution in [-0.2, 0) is 20.2 Å². The van der Waals surface area contributed by atoms with Crippen molar-refractivity contribution in [2.75, 3.05) is 30.2 Å². The summed E-state index contributed by atoms with van der Waals surface area (Å²) in [5.41, 5.74) is 2.12. The molecule has 1 aliphatic rings. The van der Waals surface area contributed by atoms with Crippen molar-refractivity contribution in [1.82, 2.24) is 4.90 Å². The van der Waals surface area contributed by atoms with Crippen molar-refractivity contribution < 1.29 is 13.2 Å². The predicted octanol–water partition coefficient (Wildman–Crippen LogP) is 2.55. The van der Waals surface area contributed by atoms with E-state index in [1.807, 2.05) is 32.9 Å². The van der Waals surface area contributed by atoms with Crippen molar-refractivity contribution in [1.29, 1.82) is 0 Å². The lowest BCUT2D eigenvalue weighted by Crippen LogP contribution is -2.37. The first-order valence-corrected chi connectivity index (χ1v) is 9.82. The highest BCUT2D eigenvalue weighted by atomic mass is 35.5. The molecule has 0 N–H and O–H groups in total. The van der Waals surface area contributed by atoms with E-state index >= 15 is 0 Å². The Morgan fingerprint density at radius 2 is 2.09 bits per heavy atom. The minimum atomic E-state index is -3.36. The average Bonchev–Trinajstić information content (AvgIpc) is 2.74. The van der Waals surface area contributed by atoms with E-state index in [1.54, 1.807) is 4.90 Å². The van der Waals surface area contributed by atoms with Gasteiger partial charge in [-0.05, 0) is 43.5 Å². The summed E-state index contributed by atoms with van der Waals surface area (Å²) in [5, 5.41) is 0.632. The van der Waals surface area contributed by atoms with E-state index in [-0.39, 0.29) is 5.41 Å². The Kier molecular flexibility index (Phi) is 4.97. The Morgan fingerprint density at radius 3 is 2.61 bits per heavy atom. The molecule has 1 heterocycles. The number of fused-ring (bicyclic) bond motifs is 1. The number of halogens is 1. The van der Waals surface area contributed by atoms with Gasteiger partial charge in [-0.15, -0.1) is 0 Å². The molecule has 128 valence electrons. The molecule has 2 rings (SSSR count). The maximum atomic E-state index is 12.2. The van der Waals surface area contributed by atoms with E-state index in [9.17, 15) is 13.2 Å². The summed E-state index contributed by atoms with van der Waals surface area (Å²) in [7, 11) is -3.36. The molecule has 5 nitrogen and oxygen atoms in total. The maximum Gasteiger partial charge on any atom is 0.232 e. The summed E-state index contributed by atoms with van der Waals surface area (Å²) < 4.78 is 25.8. The molecule has 0 saturated carbocycles. The van der Waals surface area contributed by atoms with Crippen LogP contribution in [0.25, 0.3) is 0 Å². The zero-order chi connectivity index (χ0) is 17.4. The minimum absolute atomic E-state index is 0.369. The second-order valence-corrected chi connectivity index (χ2v) is 8.75. The summed E-state index contributed by atoms with van der Waals surface area (Å²) in [5.74, 6) is 0. The Balaban J connectivity index is 2.44. The zero-order valence-corrected chi connectivity index (χ0v) is 15.5. The van der Waals surface area contributed by atoms with Gasteiger partial charge in [-0.2, -0.15) is 0 Å². The number of rotatable bonds is 6. The van der Waals surface area contributed by atoms with E-state index < -0.39 is 10.0 Å². The smallest absolute Gasteiger partial charge is 0.232 e. The molecule has 0 spiro atoms. The second kappa shape index (κ2) is 6.32. The largest absolute Gasteiger partial charge is 0.346 e. The average molecular weight is 359 g/mol. The van der Waals surface area contributed by atoms with Gasteiger partial charge in [-0.25, -0.2) is 8.42 Å². The van der Waals surface area contributed by atoms with Crippen molar-refractivity contribution in [2.24, 2.45) is 0 Å². The zero-order valence-electron chi connectivity index (χ0n) is 14.0. The van der Waals surface area contributed by atoms with Crippen LogP contribution >= 0.6 is 11.6 Å². The van der Waals surface area contributed by atoms with Gasteiger partial charge in [0.15, 0.2) is 0 Å². The molecule has 1 aliphatic heterocycles. The number of benzene rings is 1. The van der Waals surface area contributed by atoms with Crippen molar-refractivity contribution in [3.05, 3.63) is 28.3 Å². The van der Waals surface area contributed by atoms with Crippen molar-refractivity contribution >= 4 is 33.7 Å². The van der Waals surface area contributed by atoms with Crippen LogP contribution < -0.4 is 4.31 Å². The number of nitrogens with zero attached hydrogens (tertiary/aromatic N) is 2. The molecule has 23 heavy (non-hydrogen) atoms. The first kappa shape index (κ1) is 18.1. The Hall–Kier alpha value is -1.27. The number of hydrogen-bond acceptors (Lipinski definition) is 3. The lowest BCUT2D eigenvalue weighted by Gasteiger charge is -2.28. The molecule has 1 amide bonds. The third kappa shape index (κ3) is 3.48. The molecule has 7 heteroatoms. The van der Waals surface area contributed by atoms with Crippen LogP contribution in [0.4, 0.5) is 5.69 Å². The number of anilines is 1. The lowest BCUT2D eigenvalue weighted by atomic mass is 9.81. The quantitative estimate of drug-likeness (QED) is 0.734. The number of hydrogen-bond donors (Lipinski definition) is 0. The van der Waals surface area contributed by atoms with Crippen molar-refractivity contribution in [2.45, 2.75) is 32.6 Å². The third-order valence-electron chi connectivity index (χ3n) is 4.59. The molecule has 0 fully saturated rings. The molecular weight excluding hydrogens is 336 g/mol. The fraction of sp³-hybridized carbons (Fsp3) is 0.562. The standard InChI is InChI=1S/C16H23ClN2O3S/c1-5-18(11-20)7-6-16(3)10-19(23(4,21)22)15-8-12(2)14(17)9-13(15)16/h8-9,11H,5-7,10H2,1-4H3. The van der Waals surface area contributed by atoms with Gasteiger partial charge < -0.3 is 4.90 Å². The molecule has 1 atom stereocenters. The highest BCUT2D eigenvalue weighted by Gasteiger charge is 2.42. The molecule has 0 aliphatic carbocycles. The first-order valence-electron chi connectivity index (χ1n) is 7.60. The van der Waals surface area contributed by atoms with Crippen LogP contribution in [0.3, 0.4) is 0 Å². The molecule has 0 bridgehead atoms. The number of aryl methyl sites for hydroxylation is 1. The number of carbonyl (C=O) groups is 1. The van der Waals surface area contributed by atoms with Gasteiger partial charge in [0.25, 0.3) is 0 Å². The van der Waals surface area contributed by atoms with Crippen LogP contribution in [0, 0.1) is 6.92 Å². The molecule has 0 saturated heterocycles. The fourth-order valence-corrected chi connectivity index (χ4v) is 4.22. The van der Waals surface area contributed by atoms with Gasteiger partial charge >= 0.3 is 0 Å². The van der Waals surface area contributed by atoms with Crippen LogP contribution in [0.15, 0.2) is 12.1 Å². The van der Waals surface area contributed by atoms with Crippen LogP contribution in [0.5, 0.6) is 0 Å². The van der Waals surface area contributed by atoms with Gasteiger partial charge in [-0.1, -0.05) is 18.5 Å². The molecule has 0 radical (unpaired) electrons. The van der Waals surface area contributed by atoms with E-state index in [1.165, 1.54) is 10.6 Å². The van der Waals surface area contributed by atoms with Crippen LogP contribution in [-0.4, -0.2) is 45.6 Å². The highest BCUT2D eigenvalue weighted by molar-refractivity contribution is 7.92. The van der Waals surface area contributed by atoms with Crippen molar-refractivity contribution in [3.8, 4) is 0 Å². The summed E-state index contributed by atoms with van der Waals surface area (Å²) in [4.78, 5) is 12.7. The van der Waals surface area contributed by atoms with Gasteiger partial charge in [0.05, 0.1) is 11.9 Å². The van der Waals surface area contributed by atoms with E-state index in [4.69, 9.17) is 11.6 Å². The maximum absolute atomic E-state index is 12.2.